The van der Waals surface area contributed by atoms with E-state index in [4.69, 9.17) is 0 Å². The molecular formula is C19H37N2+. The molecule has 1 rings (SSSR count). The molecule has 0 amide bonds. The quantitative estimate of drug-likeness (QED) is 0.358. The molecule has 1 heterocycles. The highest BCUT2D eigenvalue weighted by atomic mass is 15.1. The summed E-state index contributed by atoms with van der Waals surface area (Å²) in [6, 6.07) is 0. The highest BCUT2D eigenvalue weighted by Gasteiger charge is 2.19. The highest BCUT2D eigenvalue weighted by Crippen LogP contribution is 2.13. The summed E-state index contributed by atoms with van der Waals surface area (Å²) in [7, 11) is 0. The predicted octanol–water partition coefficient (Wildman–Crippen LogP) is 5.45. The minimum atomic E-state index is 0.613. The van der Waals surface area contributed by atoms with Gasteiger partial charge in [-0.1, -0.05) is 59.8 Å². The summed E-state index contributed by atoms with van der Waals surface area (Å²) < 4.78 is 4.98. The maximum absolute atomic E-state index is 2.50. The fourth-order valence-corrected chi connectivity index (χ4v) is 3.11. The molecule has 0 fully saturated rings. The number of aromatic nitrogens is 2. The molecule has 0 aliphatic heterocycles. The molecule has 0 spiro atoms. The zero-order valence-corrected chi connectivity index (χ0v) is 14.9. The maximum atomic E-state index is 2.50. The molecule has 1 aromatic heterocycles. The van der Waals surface area contributed by atoms with E-state index in [1.165, 1.54) is 76.7 Å². The van der Waals surface area contributed by atoms with E-state index in [0.717, 1.165) is 0 Å². The second-order valence-electron chi connectivity index (χ2n) is 6.67. The van der Waals surface area contributed by atoms with Gasteiger partial charge in [-0.2, -0.15) is 0 Å². The number of aryl methyl sites for hydroxylation is 2. The van der Waals surface area contributed by atoms with Crippen molar-refractivity contribution < 1.29 is 4.57 Å². The monoisotopic (exact) mass is 293 g/mol. The van der Waals surface area contributed by atoms with Crippen LogP contribution in [0.4, 0.5) is 0 Å². The molecule has 0 radical (unpaired) electrons. The normalized spacial score (nSPS) is 11.5. The Balaban J connectivity index is 2.45. The van der Waals surface area contributed by atoms with E-state index in [1.54, 1.807) is 0 Å². The molecule has 2 nitrogen and oxygen atoms in total. The number of nitrogens with zero attached hydrogens (tertiary/aromatic N) is 2. The Labute approximate surface area is 132 Å². The first kappa shape index (κ1) is 18.3. The fourth-order valence-electron chi connectivity index (χ4n) is 3.11. The molecule has 122 valence electrons. The van der Waals surface area contributed by atoms with Gasteiger partial charge in [0.25, 0.3) is 5.82 Å². The van der Waals surface area contributed by atoms with Gasteiger partial charge in [0.15, 0.2) is 0 Å². The Morgan fingerprint density at radius 1 is 0.905 bits per heavy atom. The number of unbranched alkanes of at least 4 members (excludes halogenated alkanes) is 7. The molecule has 0 N–H and O–H groups in total. The first-order valence-corrected chi connectivity index (χ1v) is 9.29. The Morgan fingerprint density at radius 3 is 2.19 bits per heavy atom. The fraction of sp³-hybridized carbons (Fsp3) is 0.842. The van der Waals surface area contributed by atoms with Crippen molar-refractivity contribution in [1.29, 1.82) is 0 Å². The molecule has 0 bridgehead atoms. The van der Waals surface area contributed by atoms with Gasteiger partial charge < -0.3 is 0 Å². The summed E-state index contributed by atoms with van der Waals surface area (Å²) in [6.45, 7) is 11.6. The second kappa shape index (κ2) is 10.9. The van der Waals surface area contributed by atoms with Gasteiger partial charge in [0.05, 0.1) is 19.0 Å². The zero-order valence-electron chi connectivity index (χ0n) is 14.9. The number of hydrogen-bond donors (Lipinski definition) is 0. The van der Waals surface area contributed by atoms with Crippen molar-refractivity contribution >= 4 is 0 Å². The molecule has 0 aromatic carbocycles. The van der Waals surface area contributed by atoms with Crippen LogP contribution in [0.3, 0.4) is 0 Å². The third-order valence-corrected chi connectivity index (χ3v) is 4.29. The van der Waals surface area contributed by atoms with Crippen LogP contribution < -0.4 is 4.57 Å². The third-order valence-electron chi connectivity index (χ3n) is 4.29. The lowest BCUT2D eigenvalue weighted by Gasteiger charge is -2.08. The summed E-state index contributed by atoms with van der Waals surface area (Å²) in [5.74, 6) is 2.13. The average Bonchev–Trinajstić information content (AvgIpc) is 2.86. The van der Waals surface area contributed by atoms with Crippen molar-refractivity contribution in [2.45, 2.75) is 104 Å². The predicted molar refractivity (Wildman–Crippen MR) is 91.6 cm³/mol. The first-order valence-electron chi connectivity index (χ1n) is 9.29. The largest absolute Gasteiger partial charge is 0.258 e. The number of imidazole rings is 1. The average molecular weight is 294 g/mol. The van der Waals surface area contributed by atoms with Gasteiger partial charge in [0.1, 0.15) is 12.4 Å². The van der Waals surface area contributed by atoms with E-state index < -0.39 is 0 Å². The standard InChI is InChI=1S/C19H37N2/c1-5-7-9-10-11-13-15-21-17-16-20(14-12-8-6-2)19(21)18(3)4/h16-18H,5-15H2,1-4H3/q+1. The van der Waals surface area contributed by atoms with Gasteiger partial charge >= 0.3 is 0 Å². The topological polar surface area (TPSA) is 8.81 Å². The van der Waals surface area contributed by atoms with Crippen LogP contribution in [0, 0.1) is 0 Å². The molecule has 0 atom stereocenters. The van der Waals surface area contributed by atoms with Crippen LogP contribution in [-0.2, 0) is 13.1 Å². The molecule has 0 aliphatic carbocycles. The van der Waals surface area contributed by atoms with E-state index in [2.05, 4.69) is 49.2 Å². The summed E-state index contributed by atoms with van der Waals surface area (Å²) in [6.07, 6.45) is 16.8. The third kappa shape index (κ3) is 6.67. The van der Waals surface area contributed by atoms with Crippen molar-refractivity contribution in [3.63, 3.8) is 0 Å². The SMILES string of the molecule is CCCCCCCCn1cc[n+](CCCCC)c1C(C)C. The minimum Gasteiger partial charge on any atom is -0.234 e. The van der Waals surface area contributed by atoms with Crippen LogP contribution in [0.2, 0.25) is 0 Å². The zero-order chi connectivity index (χ0) is 15.5. The lowest BCUT2D eigenvalue weighted by Crippen LogP contribution is -2.38. The Kier molecular flexibility index (Phi) is 9.45. The molecule has 1 aromatic rings. The van der Waals surface area contributed by atoms with Crippen LogP contribution in [0.15, 0.2) is 12.4 Å². The lowest BCUT2D eigenvalue weighted by atomic mass is 10.1. The van der Waals surface area contributed by atoms with Crippen molar-refractivity contribution in [2.24, 2.45) is 0 Å². The molecule has 0 unspecified atom stereocenters. The van der Waals surface area contributed by atoms with Crippen LogP contribution in [-0.4, -0.2) is 4.57 Å². The van der Waals surface area contributed by atoms with E-state index in [0.29, 0.717) is 5.92 Å². The number of hydrogen-bond acceptors (Lipinski definition) is 0. The van der Waals surface area contributed by atoms with Gasteiger partial charge in [0, 0.05) is 0 Å². The number of rotatable bonds is 12. The van der Waals surface area contributed by atoms with Crippen molar-refractivity contribution in [3.8, 4) is 0 Å². The van der Waals surface area contributed by atoms with Gasteiger partial charge in [-0.15, -0.1) is 0 Å². The molecular weight excluding hydrogens is 256 g/mol. The van der Waals surface area contributed by atoms with Gasteiger partial charge in [-0.3, -0.25) is 0 Å². The highest BCUT2D eigenvalue weighted by molar-refractivity contribution is 4.89. The smallest absolute Gasteiger partial charge is 0.234 e. The summed E-state index contributed by atoms with van der Waals surface area (Å²) in [5, 5.41) is 0. The van der Waals surface area contributed by atoms with E-state index in [9.17, 15) is 0 Å². The van der Waals surface area contributed by atoms with Crippen molar-refractivity contribution in [2.75, 3.05) is 0 Å². The molecule has 2 heteroatoms. The Bertz CT molecular complexity index is 366. The lowest BCUT2D eigenvalue weighted by molar-refractivity contribution is -0.705. The van der Waals surface area contributed by atoms with E-state index >= 15 is 0 Å². The Hall–Kier alpha value is -0.790. The minimum absolute atomic E-state index is 0.613. The van der Waals surface area contributed by atoms with Gasteiger partial charge in [-0.25, -0.2) is 9.13 Å². The molecule has 0 saturated heterocycles. The van der Waals surface area contributed by atoms with Crippen molar-refractivity contribution in [1.82, 2.24) is 4.57 Å². The van der Waals surface area contributed by atoms with Gasteiger partial charge in [-0.05, 0) is 25.7 Å². The van der Waals surface area contributed by atoms with Crippen LogP contribution in [0.25, 0.3) is 0 Å². The first-order chi connectivity index (χ1) is 10.2. The molecule has 0 saturated carbocycles. The Morgan fingerprint density at radius 2 is 1.52 bits per heavy atom. The van der Waals surface area contributed by atoms with Crippen LogP contribution in [0.5, 0.6) is 0 Å². The summed E-state index contributed by atoms with van der Waals surface area (Å²) in [5.41, 5.74) is 0. The molecule has 21 heavy (non-hydrogen) atoms. The molecule has 0 aliphatic rings. The second-order valence-corrected chi connectivity index (χ2v) is 6.67. The van der Waals surface area contributed by atoms with E-state index in [-0.39, 0.29) is 0 Å². The van der Waals surface area contributed by atoms with Crippen LogP contribution >= 0.6 is 0 Å². The van der Waals surface area contributed by atoms with E-state index in [1.807, 2.05) is 0 Å². The van der Waals surface area contributed by atoms with Crippen LogP contribution in [0.1, 0.15) is 97.2 Å². The maximum Gasteiger partial charge on any atom is 0.258 e. The summed E-state index contributed by atoms with van der Waals surface area (Å²) in [4.78, 5) is 0. The van der Waals surface area contributed by atoms with Crippen molar-refractivity contribution in [3.05, 3.63) is 18.2 Å². The summed E-state index contributed by atoms with van der Waals surface area (Å²) >= 11 is 0. The van der Waals surface area contributed by atoms with Gasteiger partial charge in [0.2, 0.25) is 0 Å².